The highest BCUT2D eigenvalue weighted by Gasteiger charge is 2.27. The van der Waals surface area contributed by atoms with Gasteiger partial charge in [-0.1, -0.05) is 15.9 Å². The SMILES string of the molecule is COCCN(CCBr)C1CC1. The van der Waals surface area contributed by atoms with Gasteiger partial charge < -0.3 is 4.74 Å². The third-order valence-electron chi connectivity index (χ3n) is 2.02. The molecular weight excluding hydrogens is 206 g/mol. The second-order valence-corrected chi connectivity index (χ2v) is 3.74. The maximum Gasteiger partial charge on any atom is 0.0589 e. The van der Waals surface area contributed by atoms with Crippen molar-refractivity contribution in [1.29, 1.82) is 0 Å². The number of hydrogen-bond acceptors (Lipinski definition) is 2. The third-order valence-corrected chi connectivity index (χ3v) is 2.37. The molecule has 1 rings (SSSR count). The van der Waals surface area contributed by atoms with Crippen LogP contribution in [0.4, 0.5) is 0 Å². The molecule has 0 aromatic heterocycles. The quantitative estimate of drug-likeness (QED) is 0.631. The summed E-state index contributed by atoms with van der Waals surface area (Å²) in [6.07, 6.45) is 2.77. The smallest absolute Gasteiger partial charge is 0.0589 e. The molecule has 0 aromatic rings. The zero-order valence-electron chi connectivity index (χ0n) is 7.05. The zero-order chi connectivity index (χ0) is 8.10. The van der Waals surface area contributed by atoms with Crippen LogP contribution in [-0.2, 0) is 4.74 Å². The van der Waals surface area contributed by atoms with Gasteiger partial charge in [-0.3, -0.25) is 4.90 Å². The summed E-state index contributed by atoms with van der Waals surface area (Å²) in [5.41, 5.74) is 0. The van der Waals surface area contributed by atoms with Crippen molar-refractivity contribution in [1.82, 2.24) is 4.90 Å². The van der Waals surface area contributed by atoms with E-state index in [4.69, 9.17) is 4.74 Å². The molecular formula is C8H16BrNO. The van der Waals surface area contributed by atoms with E-state index in [1.165, 1.54) is 12.8 Å². The van der Waals surface area contributed by atoms with E-state index < -0.39 is 0 Å². The second-order valence-electron chi connectivity index (χ2n) is 2.95. The van der Waals surface area contributed by atoms with Crippen LogP contribution >= 0.6 is 15.9 Å². The van der Waals surface area contributed by atoms with Crippen molar-refractivity contribution in [2.45, 2.75) is 18.9 Å². The standard InChI is InChI=1S/C8H16BrNO/c1-11-7-6-10(5-4-9)8-2-3-8/h8H,2-7H2,1H3. The molecule has 0 saturated heterocycles. The molecule has 3 heteroatoms. The van der Waals surface area contributed by atoms with Crippen LogP contribution in [0.1, 0.15) is 12.8 Å². The molecule has 0 unspecified atom stereocenters. The Labute approximate surface area is 77.0 Å². The number of ether oxygens (including phenoxy) is 1. The van der Waals surface area contributed by atoms with Crippen molar-refractivity contribution in [2.75, 3.05) is 32.1 Å². The van der Waals surface area contributed by atoms with Gasteiger partial charge in [0, 0.05) is 31.6 Å². The Morgan fingerprint density at radius 3 is 2.64 bits per heavy atom. The highest BCUT2D eigenvalue weighted by molar-refractivity contribution is 9.09. The first-order chi connectivity index (χ1) is 5.38. The van der Waals surface area contributed by atoms with Crippen LogP contribution in [0.15, 0.2) is 0 Å². The Morgan fingerprint density at radius 2 is 2.18 bits per heavy atom. The molecule has 1 aliphatic rings. The maximum absolute atomic E-state index is 5.04. The number of nitrogens with zero attached hydrogens (tertiary/aromatic N) is 1. The first kappa shape index (κ1) is 9.49. The molecule has 0 spiro atoms. The molecule has 0 aliphatic heterocycles. The van der Waals surface area contributed by atoms with Gasteiger partial charge in [0.25, 0.3) is 0 Å². The van der Waals surface area contributed by atoms with Crippen molar-refractivity contribution in [3.63, 3.8) is 0 Å². The monoisotopic (exact) mass is 221 g/mol. The minimum atomic E-state index is 0.864. The molecule has 66 valence electrons. The normalized spacial score (nSPS) is 17.7. The lowest BCUT2D eigenvalue weighted by molar-refractivity contribution is 0.148. The molecule has 1 saturated carbocycles. The molecule has 2 nitrogen and oxygen atoms in total. The average molecular weight is 222 g/mol. The Hall–Kier alpha value is 0.400. The predicted octanol–water partition coefficient (Wildman–Crippen LogP) is 1.49. The minimum Gasteiger partial charge on any atom is -0.383 e. The number of alkyl halides is 1. The molecule has 0 radical (unpaired) electrons. The summed E-state index contributed by atoms with van der Waals surface area (Å²) < 4.78 is 5.04. The van der Waals surface area contributed by atoms with Crippen LogP contribution in [-0.4, -0.2) is 43.1 Å². The molecule has 0 heterocycles. The van der Waals surface area contributed by atoms with E-state index in [1.807, 2.05) is 0 Å². The Bertz CT molecular complexity index is 106. The van der Waals surface area contributed by atoms with Crippen molar-refractivity contribution in [3.8, 4) is 0 Å². The second kappa shape index (κ2) is 5.12. The van der Waals surface area contributed by atoms with Gasteiger partial charge in [0.1, 0.15) is 0 Å². The third kappa shape index (κ3) is 3.54. The maximum atomic E-state index is 5.04. The lowest BCUT2D eigenvalue weighted by atomic mass is 10.4. The molecule has 0 aromatic carbocycles. The molecule has 11 heavy (non-hydrogen) atoms. The summed E-state index contributed by atoms with van der Waals surface area (Å²) in [5, 5.41) is 1.08. The molecule has 0 N–H and O–H groups in total. The first-order valence-corrected chi connectivity index (χ1v) is 5.29. The molecule has 0 amide bonds. The van der Waals surface area contributed by atoms with Crippen molar-refractivity contribution >= 4 is 15.9 Å². The van der Waals surface area contributed by atoms with Gasteiger partial charge in [0.2, 0.25) is 0 Å². The van der Waals surface area contributed by atoms with Gasteiger partial charge in [-0.2, -0.15) is 0 Å². The van der Waals surface area contributed by atoms with E-state index >= 15 is 0 Å². The van der Waals surface area contributed by atoms with Crippen LogP contribution in [0, 0.1) is 0 Å². The fourth-order valence-electron chi connectivity index (χ4n) is 1.23. The van der Waals surface area contributed by atoms with E-state index in [2.05, 4.69) is 20.8 Å². The topological polar surface area (TPSA) is 12.5 Å². The summed E-state index contributed by atoms with van der Waals surface area (Å²) in [6.45, 7) is 3.12. The average Bonchev–Trinajstić information content (AvgIpc) is 2.80. The van der Waals surface area contributed by atoms with Gasteiger partial charge in [-0.25, -0.2) is 0 Å². The number of halogens is 1. The van der Waals surface area contributed by atoms with Crippen LogP contribution in [0.2, 0.25) is 0 Å². The van der Waals surface area contributed by atoms with E-state index in [0.29, 0.717) is 0 Å². The highest BCUT2D eigenvalue weighted by Crippen LogP contribution is 2.26. The van der Waals surface area contributed by atoms with Gasteiger partial charge in [-0.15, -0.1) is 0 Å². The fraction of sp³-hybridized carbons (Fsp3) is 1.00. The van der Waals surface area contributed by atoms with Gasteiger partial charge in [0.05, 0.1) is 6.61 Å². The predicted molar refractivity (Wildman–Crippen MR) is 50.3 cm³/mol. The number of rotatable bonds is 6. The van der Waals surface area contributed by atoms with Gasteiger partial charge >= 0.3 is 0 Å². The van der Waals surface area contributed by atoms with Crippen molar-refractivity contribution in [3.05, 3.63) is 0 Å². The Balaban J connectivity index is 2.10. The number of methoxy groups -OCH3 is 1. The van der Waals surface area contributed by atoms with Crippen molar-refractivity contribution < 1.29 is 4.74 Å². The molecule has 0 bridgehead atoms. The van der Waals surface area contributed by atoms with E-state index in [1.54, 1.807) is 7.11 Å². The Kier molecular flexibility index (Phi) is 4.41. The van der Waals surface area contributed by atoms with E-state index in [9.17, 15) is 0 Å². The summed E-state index contributed by atoms with van der Waals surface area (Å²) in [7, 11) is 1.76. The molecule has 1 fully saturated rings. The van der Waals surface area contributed by atoms with E-state index in [0.717, 1.165) is 31.1 Å². The minimum absolute atomic E-state index is 0.864. The van der Waals surface area contributed by atoms with Crippen LogP contribution < -0.4 is 0 Å². The summed E-state index contributed by atoms with van der Waals surface area (Å²) >= 11 is 3.46. The van der Waals surface area contributed by atoms with Crippen LogP contribution in [0.3, 0.4) is 0 Å². The largest absolute Gasteiger partial charge is 0.383 e. The van der Waals surface area contributed by atoms with Gasteiger partial charge in [0.15, 0.2) is 0 Å². The van der Waals surface area contributed by atoms with E-state index in [-0.39, 0.29) is 0 Å². The lowest BCUT2D eigenvalue weighted by Gasteiger charge is -2.19. The summed E-state index contributed by atoms with van der Waals surface area (Å²) in [6, 6.07) is 0.864. The highest BCUT2D eigenvalue weighted by atomic mass is 79.9. The summed E-state index contributed by atoms with van der Waals surface area (Å²) in [4.78, 5) is 2.50. The summed E-state index contributed by atoms with van der Waals surface area (Å²) in [5.74, 6) is 0. The molecule has 0 atom stereocenters. The van der Waals surface area contributed by atoms with Crippen molar-refractivity contribution in [2.24, 2.45) is 0 Å². The van der Waals surface area contributed by atoms with Crippen LogP contribution in [0.5, 0.6) is 0 Å². The fourth-order valence-corrected chi connectivity index (χ4v) is 1.69. The molecule has 1 aliphatic carbocycles. The van der Waals surface area contributed by atoms with Gasteiger partial charge in [-0.05, 0) is 12.8 Å². The zero-order valence-corrected chi connectivity index (χ0v) is 8.64. The lowest BCUT2D eigenvalue weighted by Crippen LogP contribution is -2.31. The van der Waals surface area contributed by atoms with Crippen LogP contribution in [0.25, 0.3) is 0 Å². The first-order valence-electron chi connectivity index (χ1n) is 4.17. The Morgan fingerprint density at radius 1 is 1.45 bits per heavy atom. The number of hydrogen-bond donors (Lipinski definition) is 0.